The van der Waals surface area contributed by atoms with Crippen LogP contribution in [0.3, 0.4) is 0 Å². The van der Waals surface area contributed by atoms with E-state index in [1.807, 2.05) is 0 Å². The summed E-state index contributed by atoms with van der Waals surface area (Å²) < 4.78 is 5.45. The van der Waals surface area contributed by atoms with E-state index in [4.69, 9.17) is 4.74 Å². The van der Waals surface area contributed by atoms with Gasteiger partial charge in [0.25, 0.3) is 0 Å². The molecule has 4 rings (SSSR count). The van der Waals surface area contributed by atoms with Crippen molar-refractivity contribution in [2.75, 3.05) is 11.4 Å². The van der Waals surface area contributed by atoms with Crippen LogP contribution in [0.1, 0.15) is 5.56 Å². The number of hydrogen-bond donors (Lipinski definition) is 0. The topological polar surface area (TPSA) is 15.8 Å². The Balaban J connectivity index is 1.68. The van der Waals surface area contributed by atoms with Crippen LogP contribution >= 0.6 is 0 Å². The highest BCUT2D eigenvalue weighted by atomic mass is 16.6. The molecule has 1 aromatic carbocycles. The third kappa shape index (κ3) is 1.34. The lowest BCUT2D eigenvalue weighted by molar-refractivity contribution is 0.486. The molecule has 2 heterocycles. The summed E-state index contributed by atoms with van der Waals surface area (Å²) in [7, 11) is 0. The van der Waals surface area contributed by atoms with E-state index in [2.05, 4.69) is 54.4 Å². The Labute approximate surface area is 101 Å². The molecule has 0 aromatic heterocycles. The van der Waals surface area contributed by atoms with Crippen LogP contribution in [-0.4, -0.2) is 6.54 Å². The van der Waals surface area contributed by atoms with Gasteiger partial charge in [-0.3, -0.25) is 0 Å². The first kappa shape index (κ1) is 9.11. The maximum Gasteiger partial charge on any atom is 0.175 e. The van der Waals surface area contributed by atoms with Gasteiger partial charge in [0.1, 0.15) is 0 Å². The molecule has 1 unspecified atom stereocenters. The van der Waals surface area contributed by atoms with Gasteiger partial charge in [-0.2, -0.15) is 0 Å². The quantitative estimate of drug-likeness (QED) is 0.727. The molecule has 2 heteroatoms. The molecule has 2 nitrogen and oxygen atoms in total. The van der Waals surface area contributed by atoms with Gasteiger partial charge < -0.3 is 9.64 Å². The van der Waals surface area contributed by atoms with Gasteiger partial charge in [-0.15, -0.1) is 0 Å². The van der Waals surface area contributed by atoms with E-state index in [9.17, 15) is 0 Å². The van der Waals surface area contributed by atoms with E-state index >= 15 is 0 Å². The van der Waals surface area contributed by atoms with Crippen molar-refractivity contribution >= 4 is 5.69 Å². The van der Waals surface area contributed by atoms with E-state index < -0.39 is 0 Å². The highest BCUT2D eigenvalue weighted by Gasteiger charge is 2.38. The molecule has 17 heavy (non-hydrogen) atoms. The standard InChI is InChI=1S/C15H13NO/c1-10-2-5-12(6-3-10)16-8-11-4-7-14-15(17-14)13(11)9-16/h2-7,9,11H,8H2,1H3. The maximum absolute atomic E-state index is 5.45. The summed E-state index contributed by atoms with van der Waals surface area (Å²) in [5, 5.41) is 0. The zero-order valence-electron chi connectivity index (χ0n) is 9.68. The molecule has 0 saturated carbocycles. The highest BCUT2D eigenvalue weighted by molar-refractivity contribution is 5.60. The van der Waals surface area contributed by atoms with Gasteiger partial charge >= 0.3 is 0 Å². The van der Waals surface area contributed by atoms with E-state index in [0.29, 0.717) is 5.92 Å². The van der Waals surface area contributed by atoms with Crippen LogP contribution in [0.2, 0.25) is 0 Å². The second-order valence-corrected chi connectivity index (χ2v) is 4.83. The number of benzene rings is 1. The number of rotatable bonds is 1. The van der Waals surface area contributed by atoms with Crippen LogP contribution in [0, 0.1) is 12.8 Å². The number of anilines is 1. The summed E-state index contributed by atoms with van der Waals surface area (Å²) in [6, 6.07) is 8.67. The molecule has 1 aromatic rings. The Hall–Kier alpha value is -1.96. The molecule has 0 saturated heterocycles. The number of fused-ring (bicyclic) bond motifs is 2. The van der Waals surface area contributed by atoms with Crippen molar-refractivity contribution in [3.8, 4) is 0 Å². The van der Waals surface area contributed by atoms with Crippen LogP contribution in [-0.2, 0) is 4.74 Å². The van der Waals surface area contributed by atoms with Crippen LogP contribution in [0.5, 0.6) is 0 Å². The molecule has 2 aliphatic heterocycles. The molecule has 0 radical (unpaired) electrons. The predicted molar refractivity (Wildman–Crippen MR) is 67.3 cm³/mol. The van der Waals surface area contributed by atoms with Gasteiger partial charge in [-0.1, -0.05) is 23.8 Å². The molecular formula is C15H13NO. The summed E-state index contributed by atoms with van der Waals surface area (Å²) >= 11 is 0. The minimum absolute atomic E-state index is 0.498. The summed E-state index contributed by atoms with van der Waals surface area (Å²) in [5.74, 6) is 2.66. The lowest BCUT2D eigenvalue weighted by Crippen LogP contribution is -2.16. The molecule has 1 atom stereocenters. The molecule has 84 valence electrons. The van der Waals surface area contributed by atoms with Crippen molar-refractivity contribution in [2.24, 2.45) is 5.92 Å². The molecule has 0 fully saturated rings. The van der Waals surface area contributed by atoms with Crippen LogP contribution in [0.25, 0.3) is 0 Å². The van der Waals surface area contributed by atoms with E-state index in [1.54, 1.807) is 0 Å². The van der Waals surface area contributed by atoms with Gasteiger partial charge in [-0.25, -0.2) is 0 Å². The average Bonchev–Trinajstić information content (AvgIpc) is 3.01. The fourth-order valence-electron chi connectivity index (χ4n) is 2.53. The van der Waals surface area contributed by atoms with Gasteiger partial charge in [0.05, 0.1) is 0 Å². The molecule has 0 N–H and O–H groups in total. The van der Waals surface area contributed by atoms with Crippen LogP contribution in [0.15, 0.2) is 59.7 Å². The fraction of sp³-hybridized carbons (Fsp3) is 0.200. The number of aryl methyl sites for hydroxylation is 1. The Kier molecular flexibility index (Phi) is 1.63. The predicted octanol–water partition coefficient (Wildman–Crippen LogP) is 3.13. The Morgan fingerprint density at radius 1 is 1.24 bits per heavy atom. The third-order valence-corrected chi connectivity index (χ3v) is 3.59. The summed E-state index contributed by atoms with van der Waals surface area (Å²) in [6.45, 7) is 3.14. The molecule has 3 aliphatic rings. The minimum Gasteiger partial charge on any atom is -0.449 e. The molecular weight excluding hydrogens is 210 g/mol. The SMILES string of the molecule is Cc1ccc(N2C=C3C4=C(C=CC3C2)O4)cc1. The first-order valence-electron chi connectivity index (χ1n) is 5.97. The van der Waals surface area contributed by atoms with Crippen molar-refractivity contribution in [3.63, 3.8) is 0 Å². The maximum atomic E-state index is 5.45. The van der Waals surface area contributed by atoms with Gasteiger partial charge in [0.2, 0.25) is 0 Å². The molecule has 0 amide bonds. The summed E-state index contributed by atoms with van der Waals surface area (Å²) in [5.41, 5.74) is 3.89. The zero-order chi connectivity index (χ0) is 11.4. The van der Waals surface area contributed by atoms with Crippen molar-refractivity contribution in [1.29, 1.82) is 0 Å². The summed E-state index contributed by atoms with van der Waals surface area (Å²) in [4.78, 5) is 2.31. The Morgan fingerprint density at radius 3 is 2.88 bits per heavy atom. The second kappa shape index (κ2) is 3.04. The number of allylic oxidation sites excluding steroid dienone is 2. The van der Waals surface area contributed by atoms with E-state index in [1.165, 1.54) is 16.8 Å². The van der Waals surface area contributed by atoms with Gasteiger partial charge in [0, 0.05) is 29.9 Å². The third-order valence-electron chi connectivity index (χ3n) is 3.59. The first-order chi connectivity index (χ1) is 8.31. The number of hydrogen-bond acceptors (Lipinski definition) is 2. The zero-order valence-corrected chi connectivity index (χ0v) is 9.68. The van der Waals surface area contributed by atoms with Crippen LogP contribution in [0.4, 0.5) is 5.69 Å². The lowest BCUT2D eigenvalue weighted by Gasteiger charge is -2.17. The monoisotopic (exact) mass is 223 g/mol. The van der Waals surface area contributed by atoms with Crippen LogP contribution < -0.4 is 4.90 Å². The van der Waals surface area contributed by atoms with Gasteiger partial charge in [-0.05, 0) is 25.1 Å². The largest absolute Gasteiger partial charge is 0.449 e. The van der Waals surface area contributed by atoms with Crippen molar-refractivity contribution in [3.05, 3.63) is 65.3 Å². The molecule has 1 aliphatic carbocycles. The highest BCUT2D eigenvalue weighted by Crippen LogP contribution is 2.45. The van der Waals surface area contributed by atoms with E-state index in [0.717, 1.165) is 18.1 Å². The minimum atomic E-state index is 0.498. The van der Waals surface area contributed by atoms with Crippen molar-refractivity contribution in [1.82, 2.24) is 0 Å². The second-order valence-electron chi connectivity index (χ2n) is 4.83. The lowest BCUT2D eigenvalue weighted by atomic mass is 9.98. The number of ether oxygens (including phenoxy) is 1. The molecule has 0 spiro atoms. The number of nitrogens with zero attached hydrogens (tertiary/aromatic N) is 1. The Morgan fingerprint density at radius 2 is 2.06 bits per heavy atom. The first-order valence-corrected chi connectivity index (χ1v) is 5.97. The van der Waals surface area contributed by atoms with Crippen molar-refractivity contribution in [2.45, 2.75) is 6.92 Å². The Bertz CT molecular complexity index is 577. The smallest absolute Gasteiger partial charge is 0.175 e. The van der Waals surface area contributed by atoms with Gasteiger partial charge in [0.15, 0.2) is 11.5 Å². The molecule has 0 bridgehead atoms. The average molecular weight is 223 g/mol. The summed E-state index contributed by atoms with van der Waals surface area (Å²) in [6.07, 6.45) is 6.56. The van der Waals surface area contributed by atoms with E-state index in [-0.39, 0.29) is 0 Å². The fourth-order valence-corrected chi connectivity index (χ4v) is 2.53. The normalized spacial score (nSPS) is 24.2. The van der Waals surface area contributed by atoms with Crippen molar-refractivity contribution < 1.29 is 4.74 Å².